The van der Waals surface area contributed by atoms with Gasteiger partial charge in [-0.3, -0.25) is 0 Å². The van der Waals surface area contributed by atoms with Gasteiger partial charge in [-0.15, -0.1) is 6.58 Å². The van der Waals surface area contributed by atoms with Gasteiger partial charge in [-0.2, -0.15) is 0 Å². The van der Waals surface area contributed by atoms with Crippen molar-refractivity contribution >= 4 is 0 Å². The fraction of sp³-hybridized carbons (Fsp3) is 0.429. The predicted octanol–water partition coefficient (Wildman–Crippen LogP) is 2.28. The van der Waals surface area contributed by atoms with E-state index in [0.29, 0.717) is 6.54 Å². The van der Waals surface area contributed by atoms with Crippen molar-refractivity contribution in [3.63, 3.8) is 0 Å². The number of allylic oxidation sites excluding steroid dienone is 1. The van der Waals surface area contributed by atoms with Crippen molar-refractivity contribution in [1.82, 2.24) is 16.0 Å². The van der Waals surface area contributed by atoms with Crippen LogP contribution in [0.4, 0.5) is 0 Å². The zero-order chi connectivity index (χ0) is 13.3. The highest BCUT2D eigenvalue weighted by Crippen LogP contribution is 1.98. The molecule has 0 aliphatic carbocycles. The molecule has 3 heteroatoms. The lowest BCUT2D eigenvalue weighted by atomic mass is 10.2. The molecule has 0 aromatic carbocycles. The highest BCUT2D eigenvalue weighted by Gasteiger charge is 2.05. The van der Waals surface area contributed by atoms with Crippen LogP contribution in [0.15, 0.2) is 49.5 Å². The molecule has 3 nitrogen and oxygen atoms in total. The third kappa shape index (κ3) is 7.28. The van der Waals surface area contributed by atoms with Crippen molar-refractivity contribution < 1.29 is 0 Å². The molecular formula is C14H25N3. The molecule has 0 spiro atoms. The molecule has 0 rings (SSSR count). The Balaban J connectivity index is 3.90. The molecule has 0 radical (unpaired) electrons. The SMILES string of the molecule is C=CCNC(=C)C(C)NC(=C)CNC(=C)CC. The van der Waals surface area contributed by atoms with Crippen LogP contribution in [-0.4, -0.2) is 19.1 Å². The van der Waals surface area contributed by atoms with E-state index in [-0.39, 0.29) is 6.04 Å². The molecule has 1 atom stereocenters. The number of rotatable bonds is 10. The minimum atomic E-state index is 0.138. The van der Waals surface area contributed by atoms with Crippen molar-refractivity contribution in [2.24, 2.45) is 0 Å². The molecule has 0 saturated heterocycles. The highest BCUT2D eigenvalue weighted by molar-refractivity contribution is 5.09. The van der Waals surface area contributed by atoms with Crippen LogP contribution in [0.1, 0.15) is 20.3 Å². The standard InChI is InChI=1S/C14H25N3/c1-7-9-15-13(5)14(6)17-12(4)10-16-11(3)8-2/h7,14-17H,1,3-5,8-10H2,2,6H3. The number of hydrogen-bond donors (Lipinski definition) is 3. The molecule has 0 aliphatic heterocycles. The van der Waals surface area contributed by atoms with Crippen LogP contribution in [0.5, 0.6) is 0 Å². The van der Waals surface area contributed by atoms with Gasteiger partial charge < -0.3 is 16.0 Å². The van der Waals surface area contributed by atoms with E-state index in [0.717, 1.165) is 30.1 Å². The molecule has 0 saturated carbocycles. The summed E-state index contributed by atoms with van der Waals surface area (Å²) in [5.41, 5.74) is 2.87. The van der Waals surface area contributed by atoms with E-state index in [4.69, 9.17) is 0 Å². The molecule has 96 valence electrons. The Bertz CT molecular complexity index is 292. The second-order valence-electron chi connectivity index (χ2n) is 3.98. The zero-order valence-electron chi connectivity index (χ0n) is 11.1. The van der Waals surface area contributed by atoms with Gasteiger partial charge in [0, 0.05) is 23.6 Å². The van der Waals surface area contributed by atoms with Gasteiger partial charge in [-0.25, -0.2) is 0 Å². The van der Waals surface area contributed by atoms with Gasteiger partial charge in [-0.1, -0.05) is 32.7 Å². The van der Waals surface area contributed by atoms with Crippen LogP contribution in [0.3, 0.4) is 0 Å². The Hall–Kier alpha value is -1.64. The maximum atomic E-state index is 3.96. The summed E-state index contributed by atoms with van der Waals surface area (Å²) in [6.45, 7) is 21.0. The Morgan fingerprint density at radius 2 is 1.82 bits per heavy atom. The fourth-order valence-corrected chi connectivity index (χ4v) is 1.16. The van der Waals surface area contributed by atoms with E-state index in [1.165, 1.54) is 0 Å². The third-order valence-corrected chi connectivity index (χ3v) is 2.40. The first-order valence-corrected chi connectivity index (χ1v) is 5.90. The van der Waals surface area contributed by atoms with E-state index < -0.39 is 0 Å². The molecule has 17 heavy (non-hydrogen) atoms. The number of hydrogen-bond acceptors (Lipinski definition) is 3. The third-order valence-electron chi connectivity index (χ3n) is 2.40. The Morgan fingerprint density at radius 1 is 1.18 bits per heavy atom. The van der Waals surface area contributed by atoms with Crippen LogP contribution in [0.2, 0.25) is 0 Å². The Morgan fingerprint density at radius 3 is 2.35 bits per heavy atom. The molecule has 0 aromatic rings. The monoisotopic (exact) mass is 235 g/mol. The summed E-state index contributed by atoms with van der Waals surface area (Å²) in [6, 6.07) is 0.138. The molecule has 0 fully saturated rings. The smallest absolute Gasteiger partial charge is 0.0623 e. The normalized spacial score (nSPS) is 11.2. The van der Waals surface area contributed by atoms with Crippen LogP contribution >= 0.6 is 0 Å². The zero-order valence-corrected chi connectivity index (χ0v) is 11.1. The van der Waals surface area contributed by atoms with Crippen molar-refractivity contribution in [2.45, 2.75) is 26.3 Å². The summed E-state index contributed by atoms with van der Waals surface area (Å²) in [7, 11) is 0. The maximum absolute atomic E-state index is 3.96. The van der Waals surface area contributed by atoms with Gasteiger partial charge in [-0.05, 0) is 13.3 Å². The van der Waals surface area contributed by atoms with E-state index in [1.807, 2.05) is 6.92 Å². The molecule has 0 aliphatic rings. The van der Waals surface area contributed by atoms with Gasteiger partial charge in [0.15, 0.2) is 0 Å². The summed E-state index contributed by atoms with van der Waals surface area (Å²) < 4.78 is 0. The molecule has 0 amide bonds. The lowest BCUT2D eigenvalue weighted by Crippen LogP contribution is -2.35. The van der Waals surface area contributed by atoms with Crippen molar-refractivity contribution in [2.75, 3.05) is 13.1 Å². The van der Waals surface area contributed by atoms with Gasteiger partial charge in [0.05, 0.1) is 12.6 Å². The molecule has 1 unspecified atom stereocenters. The fourth-order valence-electron chi connectivity index (χ4n) is 1.16. The van der Waals surface area contributed by atoms with Gasteiger partial charge in [0.25, 0.3) is 0 Å². The minimum Gasteiger partial charge on any atom is -0.384 e. The molecule has 0 bridgehead atoms. The average molecular weight is 235 g/mol. The lowest BCUT2D eigenvalue weighted by molar-refractivity contribution is 0.624. The van der Waals surface area contributed by atoms with Crippen LogP contribution in [-0.2, 0) is 0 Å². The largest absolute Gasteiger partial charge is 0.384 e. The van der Waals surface area contributed by atoms with Gasteiger partial charge >= 0.3 is 0 Å². The second-order valence-corrected chi connectivity index (χ2v) is 3.98. The van der Waals surface area contributed by atoms with E-state index in [2.05, 4.69) is 49.2 Å². The topological polar surface area (TPSA) is 36.1 Å². The summed E-state index contributed by atoms with van der Waals surface area (Å²) in [5, 5.41) is 9.63. The summed E-state index contributed by atoms with van der Waals surface area (Å²) >= 11 is 0. The van der Waals surface area contributed by atoms with E-state index in [9.17, 15) is 0 Å². The molecule has 3 N–H and O–H groups in total. The quantitative estimate of drug-likeness (QED) is 0.508. The maximum Gasteiger partial charge on any atom is 0.0623 e. The second kappa shape index (κ2) is 8.50. The predicted molar refractivity (Wildman–Crippen MR) is 76.5 cm³/mol. The van der Waals surface area contributed by atoms with Gasteiger partial charge in [0.2, 0.25) is 0 Å². The van der Waals surface area contributed by atoms with E-state index >= 15 is 0 Å². The molecular weight excluding hydrogens is 210 g/mol. The number of nitrogens with one attached hydrogen (secondary N) is 3. The van der Waals surface area contributed by atoms with Crippen LogP contribution in [0, 0.1) is 0 Å². The lowest BCUT2D eigenvalue weighted by Gasteiger charge is -2.21. The highest BCUT2D eigenvalue weighted by atomic mass is 15.0. The Labute approximate surface area is 105 Å². The molecule has 0 aromatic heterocycles. The van der Waals surface area contributed by atoms with Crippen molar-refractivity contribution in [3.8, 4) is 0 Å². The first kappa shape index (κ1) is 15.4. The van der Waals surface area contributed by atoms with Crippen LogP contribution in [0.25, 0.3) is 0 Å². The van der Waals surface area contributed by atoms with Crippen molar-refractivity contribution in [3.05, 3.63) is 49.5 Å². The van der Waals surface area contributed by atoms with Crippen LogP contribution < -0.4 is 16.0 Å². The first-order valence-electron chi connectivity index (χ1n) is 5.90. The van der Waals surface area contributed by atoms with Gasteiger partial charge in [0.1, 0.15) is 0 Å². The first-order chi connectivity index (χ1) is 8.01. The Kier molecular flexibility index (Phi) is 7.68. The summed E-state index contributed by atoms with van der Waals surface area (Å²) in [6.07, 6.45) is 2.73. The van der Waals surface area contributed by atoms with Crippen molar-refractivity contribution in [1.29, 1.82) is 0 Å². The minimum absolute atomic E-state index is 0.138. The summed E-state index contributed by atoms with van der Waals surface area (Å²) in [5.74, 6) is 0. The average Bonchev–Trinajstić information content (AvgIpc) is 2.32. The summed E-state index contributed by atoms with van der Waals surface area (Å²) in [4.78, 5) is 0. The van der Waals surface area contributed by atoms with E-state index in [1.54, 1.807) is 6.08 Å². The molecule has 0 heterocycles.